The first-order chi connectivity index (χ1) is 6.82. The smallest absolute Gasteiger partial charge is 0.320 e. The number of nitrogens with two attached hydrogens (primary N) is 2. The fourth-order valence-electron chi connectivity index (χ4n) is 0.371. The summed E-state index contributed by atoms with van der Waals surface area (Å²) in [6.07, 6.45) is 1.09. The highest BCUT2D eigenvalue weighted by Crippen LogP contribution is 1.90. The van der Waals surface area contributed by atoms with Crippen LogP contribution in [0, 0.1) is 0 Å². The zero-order valence-electron chi connectivity index (χ0n) is 8.42. The van der Waals surface area contributed by atoms with E-state index in [1.807, 2.05) is 0 Å². The minimum absolute atomic E-state index is 0.216. The lowest BCUT2D eigenvalue weighted by Crippen LogP contribution is -2.29. The van der Waals surface area contributed by atoms with E-state index in [0.29, 0.717) is 6.29 Å². The summed E-state index contributed by atoms with van der Waals surface area (Å²) in [5, 5.41) is 16.0. The molecule has 0 aliphatic carbocycles. The van der Waals surface area contributed by atoms with E-state index in [0.717, 1.165) is 0 Å². The van der Waals surface area contributed by atoms with E-state index in [1.54, 1.807) is 0 Å². The topological polar surface area (TPSA) is 144 Å². The average molecular weight is 220 g/mol. The molecule has 88 valence electrons. The van der Waals surface area contributed by atoms with E-state index >= 15 is 0 Å². The van der Waals surface area contributed by atoms with Gasteiger partial charge >= 0.3 is 11.9 Å². The van der Waals surface area contributed by atoms with Crippen molar-refractivity contribution in [1.29, 1.82) is 0 Å². The van der Waals surface area contributed by atoms with Crippen LogP contribution in [0.3, 0.4) is 0 Å². The Morgan fingerprint density at radius 1 is 1.27 bits per heavy atom. The molecular formula is C8H16N2O5. The van der Waals surface area contributed by atoms with Crippen molar-refractivity contribution in [3.05, 3.63) is 0 Å². The molecule has 15 heavy (non-hydrogen) atoms. The Labute approximate surface area is 87.1 Å². The van der Waals surface area contributed by atoms with E-state index in [9.17, 15) is 14.4 Å². The SMILES string of the molecule is CC(N)C(=O)O.N[C@@H](CCC=O)C(=O)O. The van der Waals surface area contributed by atoms with E-state index in [-0.39, 0.29) is 12.8 Å². The van der Waals surface area contributed by atoms with E-state index < -0.39 is 24.0 Å². The normalized spacial score (nSPS) is 13.0. The highest BCUT2D eigenvalue weighted by atomic mass is 16.4. The molecule has 0 aliphatic rings. The maximum atomic E-state index is 9.96. The van der Waals surface area contributed by atoms with Crippen molar-refractivity contribution < 1.29 is 24.6 Å². The molecule has 0 radical (unpaired) electrons. The Morgan fingerprint density at radius 2 is 1.67 bits per heavy atom. The third-order valence-electron chi connectivity index (χ3n) is 1.30. The van der Waals surface area contributed by atoms with Crippen LogP contribution in [0.4, 0.5) is 0 Å². The Kier molecular flexibility index (Phi) is 9.69. The molecule has 7 heteroatoms. The van der Waals surface area contributed by atoms with Crippen LogP contribution in [-0.2, 0) is 14.4 Å². The molecule has 0 amide bonds. The van der Waals surface area contributed by atoms with Gasteiger partial charge in [-0.15, -0.1) is 0 Å². The lowest BCUT2D eigenvalue weighted by atomic mass is 10.2. The zero-order valence-corrected chi connectivity index (χ0v) is 8.42. The number of hydrogen-bond donors (Lipinski definition) is 4. The van der Waals surface area contributed by atoms with Crippen LogP contribution in [0.1, 0.15) is 19.8 Å². The molecule has 0 bridgehead atoms. The lowest BCUT2D eigenvalue weighted by Gasteiger charge is -2.00. The second-order valence-electron chi connectivity index (χ2n) is 2.82. The molecule has 2 atom stereocenters. The molecule has 6 N–H and O–H groups in total. The zero-order chi connectivity index (χ0) is 12.4. The van der Waals surface area contributed by atoms with Crippen LogP contribution in [0.5, 0.6) is 0 Å². The largest absolute Gasteiger partial charge is 0.480 e. The molecule has 0 saturated carbocycles. The number of carboxylic acid groups (broad SMARTS) is 2. The number of carboxylic acids is 2. The van der Waals surface area contributed by atoms with Gasteiger partial charge in [0.15, 0.2) is 0 Å². The van der Waals surface area contributed by atoms with Crippen molar-refractivity contribution in [2.45, 2.75) is 31.8 Å². The molecule has 0 rings (SSSR count). The number of aliphatic carboxylic acids is 2. The molecule has 1 unspecified atom stereocenters. The van der Waals surface area contributed by atoms with Crippen molar-refractivity contribution >= 4 is 18.2 Å². The van der Waals surface area contributed by atoms with Crippen LogP contribution in [-0.4, -0.2) is 40.5 Å². The molecule has 0 spiro atoms. The van der Waals surface area contributed by atoms with Crippen LogP contribution < -0.4 is 11.5 Å². The van der Waals surface area contributed by atoms with Gasteiger partial charge in [0.1, 0.15) is 18.4 Å². The van der Waals surface area contributed by atoms with E-state index in [4.69, 9.17) is 21.7 Å². The van der Waals surface area contributed by atoms with Crippen molar-refractivity contribution in [3.8, 4) is 0 Å². The van der Waals surface area contributed by atoms with Crippen molar-refractivity contribution in [3.63, 3.8) is 0 Å². The van der Waals surface area contributed by atoms with E-state index in [1.165, 1.54) is 6.92 Å². The monoisotopic (exact) mass is 220 g/mol. The third kappa shape index (κ3) is 12.5. The predicted octanol–water partition coefficient (Wildman–Crippen LogP) is -1.20. The number of hydrogen-bond acceptors (Lipinski definition) is 5. The standard InChI is InChI=1S/C5H9NO3.C3H7NO2/c6-4(5(8)9)2-1-3-7;1-2(4)3(5)6/h3-4H,1-2,6H2,(H,8,9);2H,4H2,1H3,(H,5,6)/t4-;/m0./s1. The van der Waals surface area contributed by atoms with Gasteiger partial charge in [0.25, 0.3) is 0 Å². The Bertz CT molecular complexity index is 217. The Balaban J connectivity index is 0. The van der Waals surface area contributed by atoms with Crippen LogP contribution in [0.2, 0.25) is 0 Å². The summed E-state index contributed by atoms with van der Waals surface area (Å²) >= 11 is 0. The molecule has 0 aromatic carbocycles. The molecule has 0 fully saturated rings. The summed E-state index contributed by atoms with van der Waals surface area (Å²) < 4.78 is 0. The number of carbonyl (C=O) groups is 3. The first-order valence-electron chi connectivity index (χ1n) is 4.23. The van der Waals surface area contributed by atoms with Crippen molar-refractivity contribution in [1.82, 2.24) is 0 Å². The second-order valence-corrected chi connectivity index (χ2v) is 2.82. The Hall–Kier alpha value is -1.47. The summed E-state index contributed by atoms with van der Waals surface area (Å²) in [4.78, 5) is 29.2. The van der Waals surface area contributed by atoms with Crippen molar-refractivity contribution in [2.75, 3.05) is 0 Å². The fraction of sp³-hybridized carbons (Fsp3) is 0.625. The maximum Gasteiger partial charge on any atom is 0.320 e. The van der Waals surface area contributed by atoms with Gasteiger partial charge in [-0.2, -0.15) is 0 Å². The predicted molar refractivity (Wildman–Crippen MR) is 52.2 cm³/mol. The minimum atomic E-state index is -1.06. The van der Waals surface area contributed by atoms with Crippen molar-refractivity contribution in [2.24, 2.45) is 11.5 Å². The van der Waals surface area contributed by atoms with Gasteiger partial charge in [0.05, 0.1) is 0 Å². The summed E-state index contributed by atoms with van der Waals surface area (Å²) in [7, 11) is 0. The second kappa shape index (κ2) is 9.10. The fourth-order valence-corrected chi connectivity index (χ4v) is 0.371. The molecule has 0 heterocycles. The summed E-state index contributed by atoms with van der Waals surface area (Å²) in [5.74, 6) is -2.02. The molecule has 0 aliphatic heterocycles. The molecule has 0 aromatic heterocycles. The van der Waals surface area contributed by atoms with Crippen LogP contribution in [0.15, 0.2) is 0 Å². The van der Waals surface area contributed by atoms with E-state index in [2.05, 4.69) is 0 Å². The summed E-state index contributed by atoms with van der Waals surface area (Å²) in [6, 6.07) is -1.62. The first kappa shape index (κ1) is 16.0. The van der Waals surface area contributed by atoms with Gasteiger partial charge in [-0.05, 0) is 13.3 Å². The molecular weight excluding hydrogens is 204 g/mol. The maximum absolute atomic E-state index is 9.96. The minimum Gasteiger partial charge on any atom is -0.480 e. The average Bonchev–Trinajstić information content (AvgIpc) is 2.14. The molecule has 0 saturated heterocycles. The van der Waals surface area contributed by atoms with Crippen LogP contribution in [0.25, 0.3) is 0 Å². The summed E-state index contributed by atoms with van der Waals surface area (Å²) in [6.45, 7) is 1.42. The lowest BCUT2D eigenvalue weighted by molar-refractivity contribution is -0.139. The molecule has 7 nitrogen and oxygen atoms in total. The molecule has 0 aromatic rings. The van der Waals surface area contributed by atoms with Gasteiger partial charge < -0.3 is 26.5 Å². The van der Waals surface area contributed by atoms with Crippen LogP contribution >= 0.6 is 0 Å². The summed E-state index contributed by atoms with van der Waals surface area (Å²) in [5.41, 5.74) is 9.88. The quantitative estimate of drug-likeness (QED) is 0.426. The third-order valence-corrected chi connectivity index (χ3v) is 1.30. The number of carbonyl (C=O) groups excluding carboxylic acids is 1. The van der Waals surface area contributed by atoms with Gasteiger partial charge in [-0.3, -0.25) is 9.59 Å². The van der Waals surface area contributed by atoms with Gasteiger partial charge in [0, 0.05) is 6.42 Å². The first-order valence-corrected chi connectivity index (χ1v) is 4.23. The Morgan fingerprint density at radius 3 is 1.87 bits per heavy atom. The number of aldehydes is 1. The van der Waals surface area contributed by atoms with Gasteiger partial charge in [-0.1, -0.05) is 0 Å². The highest BCUT2D eigenvalue weighted by molar-refractivity contribution is 5.73. The highest BCUT2D eigenvalue weighted by Gasteiger charge is 2.09. The van der Waals surface area contributed by atoms with Gasteiger partial charge in [-0.25, -0.2) is 0 Å². The number of rotatable bonds is 5. The van der Waals surface area contributed by atoms with Gasteiger partial charge in [0.2, 0.25) is 0 Å².